The lowest BCUT2D eigenvalue weighted by molar-refractivity contribution is -0.142. The monoisotopic (exact) mass is 157 g/mol. The van der Waals surface area contributed by atoms with Gasteiger partial charge in [0.2, 0.25) is 0 Å². The van der Waals surface area contributed by atoms with Crippen LogP contribution in [0.25, 0.3) is 0 Å². The second-order valence-corrected chi connectivity index (χ2v) is 2.22. The summed E-state index contributed by atoms with van der Waals surface area (Å²) in [6.45, 7) is 4.41. The Bertz CT molecular complexity index is 143. The third-order valence-electron chi connectivity index (χ3n) is 1.33. The standard InChI is InChI=1S/C8H15NO2/c1-4-5-6-9-7(2)8(10)11-3/h4-5,7,9H,6H2,1-3H3/b5-4+. The first-order chi connectivity index (χ1) is 5.22. The maximum Gasteiger partial charge on any atom is 0.322 e. The van der Waals surface area contributed by atoms with Crippen LogP contribution >= 0.6 is 0 Å². The zero-order valence-corrected chi connectivity index (χ0v) is 7.26. The van der Waals surface area contributed by atoms with Crippen LogP contribution in [0.2, 0.25) is 0 Å². The number of rotatable bonds is 4. The van der Waals surface area contributed by atoms with E-state index in [1.165, 1.54) is 7.11 Å². The molecule has 0 heterocycles. The summed E-state index contributed by atoms with van der Waals surface area (Å²) in [6.07, 6.45) is 3.87. The maximum atomic E-state index is 10.8. The zero-order chi connectivity index (χ0) is 8.69. The summed E-state index contributed by atoms with van der Waals surface area (Å²) < 4.78 is 4.52. The summed E-state index contributed by atoms with van der Waals surface area (Å²) in [6, 6.07) is -0.226. The van der Waals surface area contributed by atoms with Crippen LogP contribution < -0.4 is 5.32 Å². The Labute approximate surface area is 67.4 Å². The van der Waals surface area contributed by atoms with E-state index in [0.29, 0.717) is 6.54 Å². The van der Waals surface area contributed by atoms with Crippen molar-refractivity contribution in [3.63, 3.8) is 0 Å². The lowest BCUT2D eigenvalue weighted by atomic mass is 10.3. The topological polar surface area (TPSA) is 38.3 Å². The summed E-state index contributed by atoms with van der Waals surface area (Å²) in [5.74, 6) is -0.227. The first-order valence-electron chi connectivity index (χ1n) is 3.64. The fourth-order valence-electron chi connectivity index (χ4n) is 0.623. The van der Waals surface area contributed by atoms with Gasteiger partial charge in [-0.05, 0) is 13.8 Å². The fourth-order valence-corrected chi connectivity index (χ4v) is 0.623. The van der Waals surface area contributed by atoms with Crippen molar-refractivity contribution in [2.45, 2.75) is 19.9 Å². The van der Waals surface area contributed by atoms with Gasteiger partial charge >= 0.3 is 5.97 Å². The summed E-state index contributed by atoms with van der Waals surface area (Å²) in [4.78, 5) is 10.8. The highest BCUT2D eigenvalue weighted by molar-refractivity contribution is 5.75. The highest BCUT2D eigenvalue weighted by atomic mass is 16.5. The van der Waals surface area contributed by atoms with Crippen LogP contribution in [-0.4, -0.2) is 25.7 Å². The minimum Gasteiger partial charge on any atom is -0.468 e. The number of methoxy groups -OCH3 is 1. The Morgan fingerprint density at radius 1 is 1.73 bits per heavy atom. The molecule has 0 rings (SSSR count). The van der Waals surface area contributed by atoms with E-state index in [4.69, 9.17) is 0 Å². The van der Waals surface area contributed by atoms with Gasteiger partial charge in [-0.1, -0.05) is 12.2 Å². The molecule has 1 N–H and O–H groups in total. The number of carbonyl (C=O) groups is 1. The molecule has 0 aliphatic heterocycles. The van der Waals surface area contributed by atoms with E-state index >= 15 is 0 Å². The van der Waals surface area contributed by atoms with Gasteiger partial charge in [0.15, 0.2) is 0 Å². The van der Waals surface area contributed by atoms with E-state index < -0.39 is 0 Å². The molecule has 0 radical (unpaired) electrons. The summed E-state index contributed by atoms with van der Waals surface area (Å²) in [5.41, 5.74) is 0. The van der Waals surface area contributed by atoms with Gasteiger partial charge < -0.3 is 10.1 Å². The summed E-state index contributed by atoms with van der Waals surface area (Å²) in [5, 5.41) is 2.97. The van der Waals surface area contributed by atoms with Gasteiger partial charge in [0, 0.05) is 6.54 Å². The smallest absolute Gasteiger partial charge is 0.322 e. The van der Waals surface area contributed by atoms with E-state index in [-0.39, 0.29) is 12.0 Å². The minimum absolute atomic E-state index is 0.226. The Balaban J connectivity index is 3.51. The quantitative estimate of drug-likeness (QED) is 0.482. The Morgan fingerprint density at radius 2 is 2.36 bits per heavy atom. The van der Waals surface area contributed by atoms with E-state index in [2.05, 4.69) is 10.1 Å². The molecule has 0 spiro atoms. The number of nitrogens with one attached hydrogen (secondary N) is 1. The van der Waals surface area contributed by atoms with Crippen molar-refractivity contribution in [3.05, 3.63) is 12.2 Å². The first kappa shape index (κ1) is 10.2. The van der Waals surface area contributed by atoms with Crippen molar-refractivity contribution in [3.8, 4) is 0 Å². The molecule has 0 amide bonds. The largest absolute Gasteiger partial charge is 0.468 e. The Kier molecular flexibility index (Phi) is 5.47. The second kappa shape index (κ2) is 5.92. The minimum atomic E-state index is -0.227. The van der Waals surface area contributed by atoms with Crippen LogP contribution in [0.1, 0.15) is 13.8 Å². The third-order valence-corrected chi connectivity index (χ3v) is 1.33. The van der Waals surface area contributed by atoms with Crippen molar-refractivity contribution in [2.75, 3.05) is 13.7 Å². The van der Waals surface area contributed by atoms with E-state index in [1.807, 2.05) is 19.1 Å². The molecule has 3 nitrogen and oxygen atoms in total. The fraction of sp³-hybridized carbons (Fsp3) is 0.625. The Hall–Kier alpha value is -0.830. The number of ether oxygens (including phenoxy) is 1. The molecule has 1 atom stereocenters. The summed E-state index contributed by atoms with van der Waals surface area (Å²) in [7, 11) is 1.39. The lowest BCUT2D eigenvalue weighted by Gasteiger charge is -2.08. The molecular formula is C8H15NO2. The number of carbonyl (C=O) groups excluding carboxylic acids is 1. The zero-order valence-electron chi connectivity index (χ0n) is 7.26. The van der Waals surface area contributed by atoms with Crippen molar-refractivity contribution in [1.29, 1.82) is 0 Å². The van der Waals surface area contributed by atoms with Crippen LogP contribution in [-0.2, 0) is 9.53 Å². The maximum absolute atomic E-state index is 10.8. The van der Waals surface area contributed by atoms with Crippen molar-refractivity contribution >= 4 is 5.97 Å². The molecule has 0 bridgehead atoms. The van der Waals surface area contributed by atoms with E-state index in [0.717, 1.165) is 0 Å². The van der Waals surface area contributed by atoms with Crippen LogP contribution in [0.5, 0.6) is 0 Å². The van der Waals surface area contributed by atoms with Gasteiger partial charge in [0.05, 0.1) is 7.11 Å². The average molecular weight is 157 g/mol. The SMILES string of the molecule is C/C=C/CNC(C)C(=O)OC. The number of esters is 1. The van der Waals surface area contributed by atoms with Crippen LogP contribution in [0.3, 0.4) is 0 Å². The third kappa shape index (κ3) is 4.56. The normalized spacial score (nSPS) is 13.4. The van der Waals surface area contributed by atoms with Crippen molar-refractivity contribution < 1.29 is 9.53 Å². The van der Waals surface area contributed by atoms with Crippen LogP contribution in [0, 0.1) is 0 Å². The molecule has 0 saturated heterocycles. The van der Waals surface area contributed by atoms with Gasteiger partial charge in [-0.25, -0.2) is 0 Å². The number of allylic oxidation sites excluding steroid dienone is 1. The average Bonchev–Trinajstić information content (AvgIpc) is 2.03. The number of hydrogen-bond acceptors (Lipinski definition) is 3. The van der Waals surface area contributed by atoms with Gasteiger partial charge in [-0.2, -0.15) is 0 Å². The van der Waals surface area contributed by atoms with E-state index in [1.54, 1.807) is 6.92 Å². The van der Waals surface area contributed by atoms with Gasteiger partial charge in [0.25, 0.3) is 0 Å². The lowest BCUT2D eigenvalue weighted by Crippen LogP contribution is -2.34. The molecule has 0 aromatic rings. The molecule has 3 heteroatoms. The number of hydrogen-bond donors (Lipinski definition) is 1. The molecule has 0 aliphatic rings. The molecule has 0 fully saturated rings. The first-order valence-corrected chi connectivity index (χ1v) is 3.64. The van der Waals surface area contributed by atoms with Gasteiger partial charge in [0.1, 0.15) is 6.04 Å². The van der Waals surface area contributed by atoms with E-state index in [9.17, 15) is 4.79 Å². The van der Waals surface area contributed by atoms with Crippen LogP contribution in [0.15, 0.2) is 12.2 Å². The molecule has 0 aromatic heterocycles. The molecular weight excluding hydrogens is 142 g/mol. The van der Waals surface area contributed by atoms with Crippen LogP contribution in [0.4, 0.5) is 0 Å². The van der Waals surface area contributed by atoms with Crippen molar-refractivity contribution in [1.82, 2.24) is 5.32 Å². The molecule has 0 aromatic carbocycles. The molecule has 0 aliphatic carbocycles. The van der Waals surface area contributed by atoms with Gasteiger partial charge in [-0.15, -0.1) is 0 Å². The van der Waals surface area contributed by atoms with Gasteiger partial charge in [-0.3, -0.25) is 4.79 Å². The predicted molar refractivity (Wildman–Crippen MR) is 44.3 cm³/mol. The molecule has 11 heavy (non-hydrogen) atoms. The highest BCUT2D eigenvalue weighted by Crippen LogP contribution is 1.84. The highest BCUT2D eigenvalue weighted by Gasteiger charge is 2.09. The van der Waals surface area contributed by atoms with Crippen molar-refractivity contribution in [2.24, 2.45) is 0 Å². The summed E-state index contributed by atoms with van der Waals surface area (Å²) >= 11 is 0. The Morgan fingerprint density at radius 3 is 2.82 bits per heavy atom. The molecule has 0 saturated carbocycles. The molecule has 1 unspecified atom stereocenters. The second-order valence-electron chi connectivity index (χ2n) is 2.22. The molecule has 64 valence electrons. The predicted octanol–water partition coefficient (Wildman–Crippen LogP) is 0.714.